The molecule has 1 aliphatic rings. The number of anilines is 1. The van der Waals surface area contributed by atoms with Crippen LogP contribution >= 0.6 is 12.6 Å². The minimum atomic E-state index is -0.276. The van der Waals surface area contributed by atoms with E-state index in [1.807, 2.05) is 19.9 Å². The minimum Gasteiger partial charge on any atom is -0.496 e. The molecule has 3 N–H and O–H groups in total. The van der Waals surface area contributed by atoms with Crippen LogP contribution in [0.1, 0.15) is 24.0 Å². The molecular formula is C24H31N5O4S. The van der Waals surface area contributed by atoms with Crippen LogP contribution in [0, 0.1) is 13.8 Å². The van der Waals surface area contributed by atoms with Gasteiger partial charge in [0.2, 0.25) is 5.95 Å². The number of pyridine rings is 1. The average Bonchev–Trinajstić information content (AvgIpc) is 3.15. The van der Waals surface area contributed by atoms with Crippen molar-refractivity contribution in [2.75, 3.05) is 25.8 Å². The maximum atomic E-state index is 13.4. The lowest BCUT2D eigenvalue weighted by molar-refractivity contribution is -0.117. The number of hydrogen-bond acceptors (Lipinski definition) is 9. The summed E-state index contributed by atoms with van der Waals surface area (Å²) in [5.74, 6) is 1.74. The number of benzene rings is 1. The smallest absolute Gasteiger partial charge is 0.259 e. The van der Waals surface area contributed by atoms with Gasteiger partial charge in [-0.2, -0.15) is 17.6 Å². The summed E-state index contributed by atoms with van der Waals surface area (Å²) in [7, 11) is 4.86. The molecule has 2 aromatic heterocycles. The Bertz CT molecular complexity index is 1260. The highest BCUT2D eigenvalue weighted by Crippen LogP contribution is 2.38. The summed E-state index contributed by atoms with van der Waals surface area (Å²) in [6.45, 7) is 3.83. The number of rotatable bonds is 5. The number of fused-ring (bicyclic) bond motifs is 1. The molecule has 0 aliphatic heterocycles. The number of nitrogens with two attached hydrogens (primary N) is 1. The Labute approximate surface area is 204 Å². The molecule has 4 rings (SSSR count). The van der Waals surface area contributed by atoms with Crippen molar-refractivity contribution in [2.24, 2.45) is 12.8 Å². The van der Waals surface area contributed by atoms with Crippen LogP contribution in [0.3, 0.4) is 0 Å². The van der Waals surface area contributed by atoms with Crippen LogP contribution in [-0.4, -0.2) is 52.9 Å². The van der Waals surface area contributed by atoms with Crippen molar-refractivity contribution in [1.29, 1.82) is 0 Å². The van der Waals surface area contributed by atoms with E-state index < -0.39 is 0 Å². The molecule has 3 aromatic rings. The topological polar surface area (TPSA) is 121 Å². The highest BCUT2D eigenvalue weighted by molar-refractivity contribution is 7.79. The number of ether oxygens (including phenoxy) is 2. The van der Waals surface area contributed by atoms with Crippen molar-refractivity contribution in [3.63, 3.8) is 0 Å². The van der Waals surface area contributed by atoms with E-state index in [1.54, 1.807) is 39.8 Å². The zero-order chi connectivity index (χ0) is 25.2. The van der Waals surface area contributed by atoms with E-state index in [1.165, 1.54) is 4.57 Å². The van der Waals surface area contributed by atoms with Gasteiger partial charge in [-0.1, -0.05) is 0 Å². The zero-order valence-corrected chi connectivity index (χ0v) is 21.2. The number of Topliss-reactive ketones (excluding diaryl/α,β-unsaturated/α-hetero) is 1. The standard InChI is InChI=1S/C23H27N5O4.CH4S/c1-11-18(31-4)9-19(32-5)12(2)20(11)15-6-13-10-25-23(27-21(13)28(3)22(15)30)26-17-8-14(29)7-16(17)24;1-2/h6,9-10,16-17H,7-8,24H2,1-5H3,(H,25,26,27);2H,1H3. The Morgan fingerprint density at radius 1 is 1.09 bits per heavy atom. The van der Waals surface area contributed by atoms with Crippen LogP contribution in [0.2, 0.25) is 0 Å². The van der Waals surface area contributed by atoms with Gasteiger partial charge in [0.1, 0.15) is 22.9 Å². The SMILES string of the molecule is COc1cc(OC)c(C)c(-c2cc3cnc(NC4CC(=O)CC4N)nc3n(C)c2=O)c1C.CS. The summed E-state index contributed by atoms with van der Waals surface area (Å²) in [4.78, 5) is 34.0. The quantitative estimate of drug-likeness (QED) is 0.472. The normalized spacial score (nSPS) is 17.4. The molecule has 182 valence electrons. The van der Waals surface area contributed by atoms with E-state index in [4.69, 9.17) is 15.2 Å². The van der Waals surface area contributed by atoms with Gasteiger partial charge in [-0.05, 0) is 37.3 Å². The third-order valence-electron chi connectivity index (χ3n) is 6.15. The molecule has 0 amide bonds. The molecule has 1 saturated carbocycles. The van der Waals surface area contributed by atoms with E-state index in [-0.39, 0.29) is 23.4 Å². The molecule has 9 nitrogen and oxygen atoms in total. The molecule has 10 heteroatoms. The summed E-state index contributed by atoms with van der Waals surface area (Å²) in [5.41, 5.74) is 9.29. The number of methoxy groups -OCH3 is 2. The molecule has 1 aromatic carbocycles. The minimum absolute atomic E-state index is 0.118. The van der Waals surface area contributed by atoms with E-state index in [0.717, 1.165) is 16.7 Å². The van der Waals surface area contributed by atoms with Crippen LogP contribution in [-0.2, 0) is 11.8 Å². The Morgan fingerprint density at radius 3 is 2.24 bits per heavy atom. The summed E-state index contributed by atoms with van der Waals surface area (Å²) in [6.07, 6.45) is 4.05. The molecule has 34 heavy (non-hydrogen) atoms. The first-order valence-corrected chi connectivity index (χ1v) is 11.7. The van der Waals surface area contributed by atoms with Gasteiger partial charge >= 0.3 is 0 Å². The lowest BCUT2D eigenvalue weighted by atomic mass is 9.94. The monoisotopic (exact) mass is 485 g/mol. The predicted molar refractivity (Wildman–Crippen MR) is 137 cm³/mol. The molecule has 1 fully saturated rings. The van der Waals surface area contributed by atoms with E-state index >= 15 is 0 Å². The van der Waals surface area contributed by atoms with E-state index in [9.17, 15) is 9.59 Å². The van der Waals surface area contributed by atoms with Crippen LogP contribution in [0.15, 0.2) is 23.1 Å². The number of hydrogen-bond donors (Lipinski definition) is 3. The molecule has 0 radical (unpaired) electrons. The highest BCUT2D eigenvalue weighted by Gasteiger charge is 2.30. The lowest BCUT2D eigenvalue weighted by Crippen LogP contribution is -2.35. The van der Waals surface area contributed by atoms with Gasteiger partial charge in [-0.15, -0.1) is 0 Å². The third kappa shape index (κ3) is 4.60. The van der Waals surface area contributed by atoms with Crippen molar-refractivity contribution in [1.82, 2.24) is 14.5 Å². The molecule has 2 heterocycles. The van der Waals surface area contributed by atoms with Crippen molar-refractivity contribution < 1.29 is 14.3 Å². The summed E-state index contributed by atoms with van der Waals surface area (Å²) < 4.78 is 12.5. The average molecular weight is 486 g/mol. The Morgan fingerprint density at radius 2 is 1.71 bits per heavy atom. The van der Waals surface area contributed by atoms with Crippen molar-refractivity contribution in [3.8, 4) is 22.6 Å². The van der Waals surface area contributed by atoms with Crippen molar-refractivity contribution >= 4 is 35.4 Å². The summed E-state index contributed by atoms with van der Waals surface area (Å²) >= 11 is 3.53. The molecule has 1 aliphatic carbocycles. The number of ketones is 1. The van der Waals surface area contributed by atoms with Gasteiger partial charge in [-0.3, -0.25) is 14.2 Å². The third-order valence-corrected chi connectivity index (χ3v) is 6.15. The van der Waals surface area contributed by atoms with Crippen LogP contribution in [0.4, 0.5) is 5.95 Å². The molecule has 2 unspecified atom stereocenters. The van der Waals surface area contributed by atoms with Crippen molar-refractivity contribution in [2.45, 2.75) is 38.8 Å². The van der Waals surface area contributed by atoms with Crippen molar-refractivity contribution in [3.05, 3.63) is 39.8 Å². The van der Waals surface area contributed by atoms with Gasteiger partial charge in [0.25, 0.3) is 5.56 Å². The Kier molecular flexibility index (Phi) is 7.83. The number of nitrogens with zero attached hydrogens (tertiary/aromatic N) is 3. The molecule has 0 spiro atoms. The lowest BCUT2D eigenvalue weighted by Gasteiger charge is -2.19. The van der Waals surface area contributed by atoms with Gasteiger partial charge < -0.3 is 20.5 Å². The number of carbonyl (C=O) groups is 1. The van der Waals surface area contributed by atoms with Crippen LogP contribution < -0.4 is 26.1 Å². The molecule has 2 atom stereocenters. The van der Waals surface area contributed by atoms with E-state index in [0.29, 0.717) is 46.9 Å². The molecule has 0 bridgehead atoms. The fourth-order valence-electron chi connectivity index (χ4n) is 4.40. The second-order valence-corrected chi connectivity index (χ2v) is 8.16. The second kappa shape index (κ2) is 10.4. The number of nitrogens with one attached hydrogen (secondary N) is 1. The predicted octanol–water partition coefficient (Wildman–Crippen LogP) is 2.65. The number of carbonyl (C=O) groups excluding carboxylic acids is 1. The van der Waals surface area contributed by atoms with E-state index in [2.05, 4.69) is 27.9 Å². The largest absolute Gasteiger partial charge is 0.496 e. The molecule has 0 saturated heterocycles. The van der Waals surface area contributed by atoms with Gasteiger partial charge in [0.15, 0.2) is 0 Å². The summed E-state index contributed by atoms with van der Waals surface area (Å²) in [6, 6.07) is 3.12. The maximum absolute atomic E-state index is 13.4. The number of thiol groups is 1. The second-order valence-electron chi connectivity index (χ2n) is 8.16. The van der Waals surface area contributed by atoms with Gasteiger partial charge in [-0.25, -0.2) is 4.98 Å². The maximum Gasteiger partial charge on any atom is 0.259 e. The Balaban J connectivity index is 0.00000158. The fraction of sp³-hybridized carbons (Fsp3) is 0.417. The first-order chi connectivity index (χ1) is 16.2. The fourth-order valence-corrected chi connectivity index (χ4v) is 4.40. The number of aromatic nitrogens is 3. The Hall–Kier alpha value is -3.11. The highest BCUT2D eigenvalue weighted by atomic mass is 32.1. The molecular weight excluding hydrogens is 454 g/mol. The first kappa shape index (κ1) is 25.5. The van der Waals surface area contributed by atoms with Gasteiger partial charge in [0, 0.05) is 54.7 Å². The van der Waals surface area contributed by atoms with Crippen LogP contribution in [0.5, 0.6) is 11.5 Å². The van der Waals surface area contributed by atoms with Gasteiger partial charge in [0.05, 0.1) is 20.3 Å². The zero-order valence-electron chi connectivity index (χ0n) is 20.3. The number of aryl methyl sites for hydroxylation is 1. The first-order valence-electron chi connectivity index (χ1n) is 10.8. The van der Waals surface area contributed by atoms with Crippen LogP contribution in [0.25, 0.3) is 22.2 Å². The summed E-state index contributed by atoms with van der Waals surface area (Å²) in [5, 5.41) is 3.85.